The summed E-state index contributed by atoms with van der Waals surface area (Å²) in [5, 5.41) is 6.00. The number of aromatic nitrogens is 2. The standard InChI is InChI=1S/C20H16N2/c1-3-9-16(10-4-1)15-22-20(17-11-5-2-6-12-17)18-13-7-8-14-19(18)21-22/h1-14H,15H2. The Bertz CT molecular complexity index is 893. The summed E-state index contributed by atoms with van der Waals surface area (Å²) < 4.78 is 2.11. The highest BCUT2D eigenvalue weighted by Crippen LogP contribution is 2.29. The van der Waals surface area contributed by atoms with E-state index in [-0.39, 0.29) is 0 Å². The lowest BCUT2D eigenvalue weighted by Gasteiger charge is -2.08. The van der Waals surface area contributed by atoms with Crippen LogP contribution in [0.4, 0.5) is 0 Å². The summed E-state index contributed by atoms with van der Waals surface area (Å²) in [7, 11) is 0. The van der Waals surface area contributed by atoms with Gasteiger partial charge in [-0.2, -0.15) is 5.10 Å². The van der Waals surface area contributed by atoms with Gasteiger partial charge in [0.15, 0.2) is 0 Å². The molecule has 0 saturated heterocycles. The Labute approximate surface area is 129 Å². The lowest BCUT2D eigenvalue weighted by Crippen LogP contribution is -2.03. The third-order valence-corrected chi connectivity index (χ3v) is 3.87. The van der Waals surface area contributed by atoms with Crippen molar-refractivity contribution in [1.29, 1.82) is 0 Å². The van der Waals surface area contributed by atoms with Crippen LogP contribution in [0, 0.1) is 0 Å². The molecule has 0 atom stereocenters. The zero-order chi connectivity index (χ0) is 14.8. The van der Waals surface area contributed by atoms with Crippen molar-refractivity contribution in [2.24, 2.45) is 0 Å². The van der Waals surface area contributed by atoms with E-state index in [1.807, 2.05) is 18.2 Å². The Morgan fingerprint density at radius 1 is 0.682 bits per heavy atom. The second-order valence-electron chi connectivity index (χ2n) is 5.38. The lowest BCUT2D eigenvalue weighted by molar-refractivity contribution is 0.703. The van der Waals surface area contributed by atoms with Crippen LogP contribution in [-0.2, 0) is 6.54 Å². The van der Waals surface area contributed by atoms with Gasteiger partial charge in [0.25, 0.3) is 0 Å². The predicted molar refractivity (Wildman–Crippen MR) is 90.7 cm³/mol. The Balaban J connectivity index is 1.90. The number of benzene rings is 3. The van der Waals surface area contributed by atoms with Crippen LogP contribution in [0.3, 0.4) is 0 Å². The van der Waals surface area contributed by atoms with Gasteiger partial charge in [-0.25, -0.2) is 0 Å². The maximum absolute atomic E-state index is 4.80. The maximum atomic E-state index is 4.80. The van der Waals surface area contributed by atoms with E-state index < -0.39 is 0 Å². The molecule has 4 aromatic rings. The van der Waals surface area contributed by atoms with Crippen LogP contribution in [0.15, 0.2) is 84.9 Å². The molecule has 0 unspecified atom stereocenters. The first kappa shape index (κ1) is 12.8. The molecular formula is C20H16N2. The fraction of sp³-hybridized carbons (Fsp3) is 0.0500. The van der Waals surface area contributed by atoms with Crippen molar-refractivity contribution in [2.45, 2.75) is 6.54 Å². The first-order valence-electron chi connectivity index (χ1n) is 7.47. The first-order chi connectivity index (χ1) is 10.9. The highest BCUT2D eigenvalue weighted by atomic mass is 15.3. The number of rotatable bonds is 3. The van der Waals surface area contributed by atoms with Crippen LogP contribution < -0.4 is 0 Å². The highest BCUT2D eigenvalue weighted by Gasteiger charge is 2.12. The Morgan fingerprint density at radius 3 is 2.09 bits per heavy atom. The third kappa shape index (κ3) is 2.29. The summed E-state index contributed by atoms with van der Waals surface area (Å²) >= 11 is 0. The van der Waals surface area contributed by atoms with Crippen molar-refractivity contribution in [3.05, 3.63) is 90.5 Å². The molecule has 0 N–H and O–H groups in total. The summed E-state index contributed by atoms with van der Waals surface area (Å²) in [6.45, 7) is 0.778. The number of nitrogens with zero attached hydrogens (tertiary/aromatic N) is 2. The largest absolute Gasteiger partial charge is 0.259 e. The van der Waals surface area contributed by atoms with Crippen LogP contribution in [-0.4, -0.2) is 9.78 Å². The molecule has 0 aliphatic rings. The minimum atomic E-state index is 0.778. The topological polar surface area (TPSA) is 17.8 Å². The molecule has 0 amide bonds. The molecule has 1 aromatic heterocycles. The molecule has 3 aromatic carbocycles. The van der Waals surface area contributed by atoms with Crippen molar-refractivity contribution >= 4 is 10.9 Å². The van der Waals surface area contributed by atoms with Gasteiger partial charge in [0.2, 0.25) is 0 Å². The van der Waals surface area contributed by atoms with E-state index in [4.69, 9.17) is 5.10 Å². The van der Waals surface area contributed by atoms with Crippen LogP contribution >= 0.6 is 0 Å². The Hall–Kier alpha value is -2.87. The SMILES string of the molecule is c1ccc(Cn2nc3ccccc3c2-c2ccccc2)cc1. The third-order valence-electron chi connectivity index (χ3n) is 3.87. The van der Waals surface area contributed by atoms with Crippen LogP contribution in [0.25, 0.3) is 22.2 Å². The molecule has 4 rings (SSSR count). The molecule has 0 radical (unpaired) electrons. The highest BCUT2D eigenvalue weighted by molar-refractivity contribution is 5.93. The number of hydrogen-bond acceptors (Lipinski definition) is 1. The first-order valence-corrected chi connectivity index (χ1v) is 7.47. The number of hydrogen-bond donors (Lipinski definition) is 0. The van der Waals surface area contributed by atoms with E-state index in [2.05, 4.69) is 71.4 Å². The average Bonchev–Trinajstić information content (AvgIpc) is 2.94. The Kier molecular flexibility index (Phi) is 3.20. The van der Waals surface area contributed by atoms with Gasteiger partial charge in [-0.15, -0.1) is 0 Å². The van der Waals surface area contributed by atoms with Gasteiger partial charge >= 0.3 is 0 Å². The van der Waals surface area contributed by atoms with Crippen LogP contribution in [0.5, 0.6) is 0 Å². The molecule has 2 heteroatoms. The van der Waals surface area contributed by atoms with Crippen molar-refractivity contribution in [3.8, 4) is 11.3 Å². The smallest absolute Gasteiger partial charge is 0.0930 e. The van der Waals surface area contributed by atoms with Gasteiger partial charge < -0.3 is 0 Å². The van der Waals surface area contributed by atoms with Crippen LogP contribution in [0.2, 0.25) is 0 Å². The van der Waals surface area contributed by atoms with Crippen molar-refractivity contribution in [3.63, 3.8) is 0 Å². The van der Waals surface area contributed by atoms with Gasteiger partial charge in [0, 0.05) is 10.9 Å². The van der Waals surface area contributed by atoms with Gasteiger partial charge in [-0.1, -0.05) is 78.9 Å². The zero-order valence-corrected chi connectivity index (χ0v) is 12.2. The zero-order valence-electron chi connectivity index (χ0n) is 12.2. The van der Waals surface area contributed by atoms with E-state index in [9.17, 15) is 0 Å². The van der Waals surface area contributed by atoms with E-state index in [1.165, 1.54) is 22.2 Å². The molecular weight excluding hydrogens is 268 g/mol. The Morgan fingerprint density at radius 2 is 1.32 bits per heavy atom. The molecule has 0 aliphatic heterocycles. The second-order valence-corrected chi connectivity index (χ2v) is 5.38. The van der Waals surface area contributed by atoms with Crippen molar-refractivity contribution < 1.29 is 0 Å². The molecule has 1 heterocycles. The monoisotopic (exact) mass is 284 g/mol. The minimum absolute atomic E-state index is 0.778. The minimum Gasteiger partial charge on any atom is -0.259 e. The molecule has 106 valence electrons. The van der Waals surface area contributed by atoms with Crippen LogP contribution in [0.1, 0.15) is 5.56 Å². The summed E-state index contributed by atoms with van der Waals surface area (Å²) in [6.07, 6.45) is 0. The van der Waals surface area contributed by atoms with Gasteiger partial charge in [-0.05, 0) is 11.6 Å². The van der Waals surface area contributed by atoms with E-state index in [0.717, 1.165) is 12.1 Å². The van der Waals surface area contributed by atoms with Gasteiger partial charge in [0.05, 0.1) is 17.8 Å². The summed E-state index contributed by atoms with van der Waals surface area (Å²) in [6, 6.07) is 29.3. The van der Waals surface area contributed by atoms with E-state index >= 15 is 0 Å². The molecule has 0 bridgehead atoms. The summed E-state index contributed by atoms with van der Waals surface area (Å²) in [4.78, 5) is 0. The molecule has 0 saturated carbocycles. The molecule has 0 aliphatic carbocycles. The molecule has 2 nitrogen and oxygen atoms in total. The molecule has 0 fully saturated rings. The van der Waals surface area contributed by atoms with E-state index in [0.29, 0.717) is 0 Å². The lowest BCUT2D eigenvalue weighted by atomic mass is 10.1. The van der Waals surface area contributed by atoms with Gasteiger partial charge in [-0.3, -0.25) is 4.68 Å². The van der Waals surface area contributed by atoms with Gasteiger partial charge in [0.1, 0.15) is 0 Å². The second kappa shape index (κ2) is 5.49. The van der Waals surface area contributed by atoms with E-state index in [1.54, 1.807) is 0 Å². The fourth-order valence-electron chi connectivity index (χ4n) is 2.85. The normalized spacial score (nSPS) is 10.9. The van der Waals surface area contributed by atoms with Crippen molar-refractivity contribution in [1.82, 2.24) is 9.78 Å². The summed E-state index contributed by atoms with van der Waals surface area (Å²) in [5.41, 5.74) is 4.68. The quantitative estimate of drug-likeness (QED) is 0.531. The fourth-order valence-corrected chi connectivity index (χ4v) is 2.85. The predicted octanol–water partition coefficient (Wildman–Crippen LogP) is 4.75. The average molecular weight is 284 g/mol. The van der Waals surface area contributed by atoms with Crippen molar-refractivity contribution in [2.75, 3.05) is 0 Å². The maximum Gasteiger partial charge on any atom is 0.0930 e. The molecule has 22 heavy (non-hydrogen) atoms. The number of fused-ring (bicyclic) bond motifs is 1. The molecule has 0 spiro atoms. The summed E-state index contributed by atoms with van der Waals surface area (Å²) in [5.74, 6) is 0.